The van der Waals surface area contributed by atoms with E-state index in [0.29, 0.717) is 35.8 Å². The van der Waals surface area contributed by atoms with Crippen LogP contribution in [-0.4, -0.2) is 34.3 Å². The molecule has 9 nitrogen and oxygen atoms in total. The maximum absolute atomic E-state index is 14.3. The molecule has 0 fully saturated rings. The van der Waals surface area contributed by atoms with Gasteiger partial charge in [-0.1, -0.05) is 115 Å². The van der Waals surface area contributed by atoms with Crippen molar-refractivity contribution in [3.05, 3.63) is 167 Å². The first kappa shape index (κ1) is 38.3. The Morgan fingerprint density at radius 2 is 1.13 bits per heavy atom. The predicted molar refractivity (Wildman–Crippen MR) is 201 cm³/mol. The number of alkyl carbamates (subject to hydrolysis) is 1. The third-order valence-corrected chi connectivity index (χ3v) is 11.0. The van der Waals surface area contributed by atoms with Gasteiger partial charge >= 0.3 is 6.09 Å². The first-order chi connectivity index (χ1) is 25.2. The maximum Gasteiger partial charge on any atom is 0.410 e. The van der Waals surface area contributed by atoms with Gasteiger partial charge in [0.2, 0.25) is 5.47 Å². The predicted octanol–water partition coefficient (Wildman–Crippen LogP) is 8.54. The van der Waals surface area contributed by atoms with Crippen molar-refractivity contribution in [2.45, 2.75) is 58.1 Å². The van der Waals surface area contributed by atoms with E-state index >= 15 is 0 Å². The molecule has 5 aromatic carbocycles. The Bertz CT molecular complexity index is 1850. The smallest absolute Gasteiger partial charge is 0.410 e. The van der Waals surface area contributed by atoms with Crippen LogP contribution in [0.3, 0.4) is 0 Å². The van der Waals surface area contributed by atoms with Crippen LogP contribution in [0.15, 0.2) is 133 Å². The molecule has 5 aromatic rings. The number of benzene rings is 5. The van der Waals surface area contributed by atoms with Crippen LogP contribution in [0.1, 0.15) is 46.2 Å². The molecule has 0 aliphatic carbocycles. The summed E-state index contributed by atoms with van der Waals surface area (Å²) in [5.41, 5.74) is 3.40. The molecule has 0 saturated carbocycles. The lowest BCUT2D eigenvalue weighted by Crippen LogP contribution is -2.51. The minimum absolute atomic E-state index is 0.0928. The number of nitrogens with one attached hydrogen (secondary N) is 1. The number of aryl methyl sites for hydroxylation is 2. The molecule has 1 amide bonds. The summed E-state index contributed by atoms with van der Waals surface area (Å²) in [6, 6.07) is 41.7. The number of rotatable bonds is 19. The highest BCUT2D eigenvalue weighted by Gasteiger charge is 2.49. The monoisotopic (exact) mass is 723 g/mol. The van der Waals surface area contributed by atoms with Crippen molar-refractivity contribution in [2.24, 2.45) is 0 Å². The molecule has 0 aliphatic rings. The normalized spacial score (nSPS) is 13.4. The average Bonchev–Trinajstić information content (AvgIpc) is 3.18. The van der Waals surface area contributed by atoms with Gasteiger partial charge in [-0.15, -0.1) is 0 Å². The second-order valence-corrected chi connectivity index (χ2v) is 15.2. The summed E-state index contributed by atoms with van der Waals surface area (Å²) in [5, 5.41) is 12.4. The maximum atomic E-state index is 14.3. The van der Waals surface area contributed by atoms with Crippen LogP contribution >= 0.6 is 7.37 Å². The number of carbonyl (C=O) groups is 1. The van der Waals surface area contributed by atoms with Crippen LogP contribution in [0.25, 0.3) is 0 Å². The fourth-order valence-corrected chi connectivity index (χ4v) is 7.42. The highest BCUT2D eigenvalue weighted by atomic mass is 31.2. The highest BCUT2D eigenvalue weighted by Crippen LogP contribution is 2.56. The third kappa shape index (κ3) is 11.6. The molecule has 0 heterocycles. The molecule has 0 spiro atoms. The van der Waals surface area contributed by atoms with E-state index < -0.39 is 18.9 Å². The average molecular weight is 724 g/mol. The second-order valence-electron chi connectivity index (χ2n) is 12.6. The number of carbonyl (C=O) groups excluding carboxylic acids is 1. The number of amides is 1. The zero-order chi connectivity index (χ0) is 36.7. The van der Waals surface area contributed by atoms with E-state index in [9.17, 15) is 19.4 Å². The first-order valence-electron chi connectivity index (χ1n) is 17.3. The van der Waals surface area contributed by atoms with E-state index in [-0.39, 0.29) is 45.2 Å². The zero-order valence-electron chi connectivity index (χ0n) is 29.4. The van der Waals surface area contributed by atoms with Gasteiger partial charge in [-0.05, 0) is 71.8 Å². The van der Waals surface area contributed by atoms with E-state index in [4.69, 9.17) is 18.9 Å². The van der Waals surface area contributed by atoms with Crippen LogP contribution in [0.5, 0.6) is 11.5 Å². The SMILES string of the molecule is Cc1ccc(CCP(=O)(O)C(CCCO)(NC(=O)OCc2ccc(OCc3ccccc3)cc2)OCc2ccc(OCc3ccccc3)cc2)cc1. The number of ether oxygens (including phenoxy) is 4. The lowest BCUT2D eigenvalue weighted by atomic mass is 10.1. The number of hydrogen-bond donors (Lipinski definition) is 3. The molecule has 0 radical (unpaired) electrons. The molecule has 5 rings (SSSR count). The lowest BCUT2D eigenvalue weighted by Gasteiger charge is -2.38. The molecule has 10 heteroatoms. The molecule has 52 heavy (non-hydrogen) atoms. The van der Waals surface area contributed by atoms with Crippen molar-refractivity contribution in [2.75, 3.05) is 12.8 Å². The lowest BCUT2D eigenvalue weighted by molar-refractivity contribution is -0.0351. The van der Waals surface area contributed by atoms with Crippen molar-refractivity contribution in [3.8, 4) is 11.5 Å². The minimum atomic E-state index is -4.31. The highest BCUT2D eigenvalue weighted by molar-refractivity contribution is 7.59. The Morgan fingerprint density at radius 3 is 1.65 bits per heavy atom. The zero-order valence-corrected chi connectivity index (χ0v) is 30.3. The minimum Gasteiger partial charge on any atom is -0.489 e. The van der Waals surface area contributed by atoms with Crippen molar-refractivity contribution in [3.63, 3.8) is 0 Å². The van der Waals surface area contributed by atoms with Gasteiger partial charge < -0.3 is 28.9 Å². The Morgan fingerprint density at radius 1 is 0.654 bits per heavy atom. The fraction of sp³-hybridized carbons (Fsp3) is 0.262. The van der Waals surface area contributed by atoms with Gasteiger partial charge in [0.15, 0.2) is 0 Å². The summed E-state index contributed by atoms with van der Waals surface area (Å²) in [5.74, 6) is 1.32. The summed E-state index contributed by atoms with van der Waals surface area (Å²) >= 11 is 0. The van der Waals surface area contributed by atoms with Gasteiger partial charge in [0.05, 0.1) is 6.61 Å². The van der Waals surface area contributed by atoms with Gasteiger partial charge in [0, 0.05) is 19.2 Å². The fourth-order valence-electron chi connectivity index (χ4n) is 5.46. The largest absolute Gasteiger partial charge is 0.489 e. The Labute approximate surface area is 305 Å². The second kappa shape index (κ2) is 19.1. The Balaban J connectivity index is 1.27. The van der Waals surface area contributed by atoms with Crippen LogP contribution in [0.4, 0.5) is 4.79 Å². The third-order valence-electron chi connectivity index (χ3n) is 8.55. The molecule has 0 saturated heterocycles. The molecule has 0 aromatic heterocycles. The van der Waals surface area contributed by atoms with Crippen molar-refractivity contribution in [1.29, 1.82) is 0 Å². The molecule has 2 atom stereocenters. The molecular formula is C42H46NO8P. The number of hydrogen-bond acceptors (Lipinski definition) is 7. The van der Waals surface area contributed by atoms with E-state index in [2.05, 4.69) is 5.32 Å². The van der Waals surface area contributed by atoms with Crippen LogP contribution < -0.4 is 14.8 Å². The van der Waals surface area contributed by atoms with Crippen LogP contribution in [0.2, 0.25) is 0 Å². The summed E-state index contributed by atoms with van der Waals surface area (Å²) in [6.07, 6.45) is -0.825. The van der Waals surface area contributed by atoms with Crippen molar-refractivity contribution >= 4 is 13.5 Å². The summed E-state index contributed by atoms with van der Waals surface area (Å²) in [6.45, 7) is 2.35. The van der Waals surface area contributed by atoms with E-state index in [0.717, 1.165) is 22.3 Å². The summed E-state index contributed by atoms with van der Waals surface area (Å²) in [7, 11) is -4.31. The molecule has 0 aliphatic heterocycles. The van der Waals surface area contributed by atoms with E-state index in [1.807, 2.05) is 91.9 Å². The molecule has 3 N–H and O–H groups in total. The van der Waals surface area contributed by atoms with Crippen LogP contribution in [0, 0.1) is 6.92 Å². The topological polar surface area (TPSA) is 124 Å². The number of aliphatic hydroxyl groups is 1. The van der Waals surface area contributed by atoms with E-state index in [1.54, 1.807) is 48.5 Å². The van der Waals surface area contributed by atoms with Crippen LogP contribution in [-0.2, 0) is 46.9 Å². The Hall–Kier alpha value is -4.92. The quantitative estimate of drug-likeness (QED) is 0.0573. The van der Waals surface area contributed by atoms with Gasteiger partial charge in [0.25, 0.3) is 7.37 Å². The first-order valence-corrected chi connectivity index (χ1v) is 19.2. The molecular weight excluding hydrogens is 677 g/mol. The van der Waals surface area contributed by atoms with Gasteiger partial charge in [-0.2, -0.15) is 0 Å². The standard InChI is InChI=1S/C42H46NO8P/c1-33-13-15-34(16-14-33)25-28-52(46,47)42(26-8-27-44,51-32-38-19-23-40(24-20-38)49-30-36-11-6-3-7-12-36)43-41(45)50-31-37-17-21-39(22-18-37)48-29-35-9-4-2-5-10-35/h2-7,9-24,44H,8,25-32H2,1H3,(H,43,45)(H,46,47). The Kier molecular flexibility index (Phi) is 14.0. The van der Waals surface area contributed by atoms with E-state index in [1.165, 1.54) is 0 Å². The van der Waals surface area contributed by atoms with Gasteiger partial charge in [0.1, 0.15) is 31.3 Å². The molecule has 2 unspecified atom stereocenters. The molecule has 272 valence electrons. The summed E-state index contributed by atoms with van der Waals surface area (Å²) < 4.78 is 37.9. The number of aliphatic hydroxyl groups excluding tert-OH is 1. The van der Waals surface area contributed by atoms with Gasteiger partial charge in [-0.25, -0.2) is 4.79 Å². The molecule has 0 bridgehead atoms. The van der Waals surface area contributed by atoms with Crippen molar-refractivity contribution in [1.82, 2.24) is 5.32 Å². The van der Waals surface area contributed by atoms with Crippen molar-refractivity contribution < 1.29 is 38.3 Å². The van der Waals surface area contributed by atoms with Gasteiger partial charge in [-0.3, -0.25) is 9.88 Å². The summed E-state index contributed by atoms with van der Waals surface area (Å²) in [4.78, 5) is 25.1.